The fraction of sp³-hybridized carbons (Fsp3) is 0.500. The Morgan fingerprint density at radius 1 is 1.12 bits per heavy atom. The molecule has 2 fully saturated rings. The number of aliphatic hydroxyl groups is 1. The molecule has 2 aliphatic carbocycles. The highest BCUT2D eigenvalue weighted by molar-refractivity contribution is 5.95. The van der Waals surface area contributed by atoms with Crippen molar-refractivity contribution in [2.45, 2.75) is 51.0 Å². The molecule has 33 heavy (non-hydrogen) atoms. The lowest BCUT2D eigenvalue weighted by Crippen LogP contribution is -2.36. The van der Waals surface area contributed by atoms with Crippen LogP contribution in [0.3, 0.4) is 0 Å². The maximum Gasteiger partial charge on any atom is 0.573 e. The van der Waals surface area contributed by atoms with E-state index in [-0.39, 0.29) is 17.6 Å². The minimum absolute atomic E-state index is 0.0254. The molecule has 178 valence electrons. The first-order valence-electron chi connectivity index (χ1n) is 11.2. The predicted molar refractivity (Wildman–Crippen MR) is 115 cm³/mol. The van der Waals surface area contributed by atoms with Crippen LogP contribution >= 0.6 is 0 Å². The molecular formula is C24H27F3N2O4. The highest BCUT2D eigenvalue weighted by atomic mass is 19.4. The largest absolute Gasteiger partial charge is 0.573 e. The van der Waals surface area contributed by atoms with Gasteiger partial charge < -0.3 is 19.9 Å². The summed E-state index contributed by atoms with van der Waals surface area (Å²) >= 11 is 0. The summed E-state index contributed by atoms with van der Waals surface area (Å²) in [5.41, 5.74) is 1.38. The maximum atomic E-state index is 12.8. The zero-order chi connectivity index (χ0) is 23.4. The molecule has 6 nitrogen and oxygen atoms in total. The summed E-state index contributed by atoms with van der Waals surface area (Å²) in [6.45, 7) is 0.874. The van der Waals surface area contributed by atoms with E-state index in [1.54, 1.807) is 6.07 Å². The number of amides is 1. The van der Waals surface area contributed by atoms with Crippen LogP contribution in [0.5, 0.6) is 11.6 Å². The molecular weight excluding hydrogens is 437 g/mol. The molecule has 1 aromatic carbocycles. The van der Waals surface area contributed by atoms with Crippen molar-refractivity contribution in [1.29, 1.82) is 0 Å². The molecule has 1 aromatic heterocycles. The van der Waals surface area contributed by atoms with Gasteiger partial charge in [-0.3, -0.25) is 4.79 Å². The SMILES string of the molecule is O=C(NC[C@@H]1CCCC[C@@H]1O)c1cnc(OCC2CC2)c(-c2ccc(OC(F)(F)F)cc2)c1. The fourth-order valence-corrected chi connectivity index (χ4v) is 3.97. The Bertz CT molecular complexity index is 961. The molecule has 0 saturated heterocycles. The second kappa shape index (κ2) is 9.99. The van der Waals surface area contributed by atoms with E-state index in [0.717, 1.165) is 38.5 Å². The first-order valence-corrected chi connectivity index (χ1v) is 11.2. The lowest BCUT2D eigenvalue weighted by Gasteiger charge is -2.27. The number of pyridine rings is 1. The molecule has 2 atom stereocenters. The topological polar surface area (TPSA) is 80.7 Å². The number of alkyl halides is 3. The van der Waals surface area contributed by atoms with Crippen molar-refractivity contribution < 1.29 is 32.5 Å². The normalized spacial score (nSPS) is 20.8. The van der Waals surface area contributed by atoms with Gasteiger partial charge in [-0.1, -0.05) is 25.0 Å². The van der Waals surface area contributed by atoms with E-state index in [4.69, 9.17) is 4.74 Å². The van der Waals surface area contributed by atoms with Crippen molar-refractivity contribution in [2.24, 2.45) is 11.8 Å². The molecule has 2 aromatic rings. The number of hydrogen-bond acceptors (Lipinski definition) is 5. The van der Waals surface area contributed by atoms with Gasteiger partial charge in [0.1, 0.15) is 5.75 Å². The highest BCUT2D eigenvalue weighted by Gasteiger charge is 2.31. The van der Waals surface area contributed by atoms with Crippen molar-refractivity contribution in [2.75, 3.05) is 13.2 Å². The first-order chi connectivity index (χ1) is 15.8. The maximum absolute atomic E-state index is 12.8. The Labute approximate surface area is 190 Å². The van der Waals surface area contributed by atoms with Gasteiger partial charge in [0.2, 0.25) is 5.88 Å². The van der Waals surface area contributed by atoms with Gasteiger partial charge in [0.25, 0.3) is 5.91 Å². The van der Waals surface area contributed by atoms with Gasteiger partial charge in [-0.05, 0) is 55.4 Å². The molecule has 9 heteroatoms. The van der Waals surface area contributed by atoms with Gasteiger partial charge in [-0.15, -0.1) is 13.2 Å². The van der Waals surface area contributed by atoms with Crippen molar-refractivity contribution in [3.05, 3.63) is 42.1 Å². The molecule has 0 radical (unpaired) electrons. The van der Waals surface area contributed by atoms with Gasteiger partial charge >= 0.3 is 6.36 Å². The molecule has 0 bridgehead atoms. The first kappa shape index (κ1) is 23.4. The van der Waals surface area contributed by atoms with Crippen LogP contribution in [0.4, 0.5) is 13.2 Å². The summed E-state index contributed by atoms with van der Waals surface area (Å²) in [6, 6.07) is 7.00. The molecule has 0 unspecified atom stereocenters. The number of aliphatic hydroxyl groups excluding tert-OH is 1. The van der Waals surface area contributed by atoms with Crippen molar-refractivity contribution >= 4 is 5.91 Å². The molecule has 4 rings (SSSR count). The number of aromatic nitrogens is 1. The second-order valence-electron chi connectivity index (χ2n) is 8.73. The number of halogens is 3. The minimum Gasteiger partial charge on any atom is -0.477 e. The van der Waals surface area contributed by atoms with Crippen LogP contribution in [0.2, 0.25) is 0 Å². The van der Waals surface area contributed by atoms with Gasteiger partial charge in [-0.25, -0.2) is 4.98 Å². The molecule has 1 amide bonds. The molecule has 2 saturated carbocycles. The van der Waals surface area contributed by atoms with E-state index < -0.39 is 12.5 Å². The Morgan fingerprint density at radius 3 is 2.52 bits per heavy atom. The van der Waals surface area contributed by atoms with E-state index in [1.165, 1.54) is 30.5 Å². The van der Waals surface area contributed by atoms with Crippen molar-refractivity contribution in [1.82, 2.24) is 10.3 Å². The Balaban J connectivity index is 1.51. The summed E-state index contributed by atoms with van der Waals surface area (Å²) in [6.07, 6.45) is 2.06. The second-order valence-corrected chi connectivity index (χ2v) is 8.73. The average Bonchev–Trinajstić information content (AvgIpc) is 3.61. The van der Waals surface area contributed by atoms with E-state index in [0.29, 0.717) is 41.6 Å². The molecule has 2 aliphatic rings. The van der Waals surface area contributed by atoms with Crippen LogP contribution in [-0.2, 0) is 0 Å². The number of carbonyl (C=O) groups excluding carboxylic acids is 1. The molecule has 0 aliphatic heterocycles. The molecule has 0 spiro atoms. The van der Waals surface area contributed by atoms with Crippen molar-refractivity contribution in [3.8, 4) is 22.8 Å². The van der Waals surface area contributed by atoms with E-state index in [1.807, 2.05) is 0 Å². The number of benzene rings is 1. The zero-order valence-electron chi connectivity index (χ0n) is 18.1. The molecule has 2 N–H and O–H groups in total. The van der Waals surface area contributed by atoms with E-state index >= 15 is 0 Å². The fourth-order valence-electron chi connectivity index (χ4n) is 3.97. The number of ether oxygens (including phenoxy) is 2. The van der Waals surface area contributed by atoms with Crippen LogP contribution in [0.25, 0.3) is 11.1 Å². The van der Waals surface area contributed by atoms with Crippen LogP contribution in [-0.4, -0.2) is 41.6 Å². The van der Waals surface area contributed by atoms with E-state index in [9.17, 15) is 23.1 Å². The van der Waals surface area contributed by atoms with Crippen LogP contribution in [0.1, 0.15) is 48.9 Å². The van der Waals surface area contributed by atoms with Crippen LogP contribution < -0.4 is 14.8 Å². The van der Waals surface area contributed by atoms with Crippen molar-refractivity contribution in [3.63, 3.8) is 0 Å². The van der Waals surface area contributed by atoms with E-state index in [2.05, 4.69) is 15.0 Å². The summed E-state index contributed by atoms with van der Waals surface area (Å²) in [4.78, 5) is 17.1. The highest BCUT2D eigenvalue weighted by Crippen LogP contribution is 2.34. The Morgan fingerprint density at radius 2 is 1.85 bits per heavy atom. The Kier molecular flexibility index (Phi) is 7.07. The third-order valence-electron chi connectivity index (χ3n) is 6.06. The van der Waals surface area contributed by atoms with Gasteiger partial charge in [0.15, 0.2) is 0 Å². The lowest BCUT2D eigenvalue weighted by atomic mass is 9.86. The number of carbonyl (C=O) groups is 1. The number of hydrogen-bond donors (Lipinski definition) is 2. The Hall–Kier alpha value is -2.81. The third-order valence-corrected chi connectivity index (χ3v) is 6.06. The standard InChI is InChI=1S/C24H27F3N2O4/c25-24(26,27)33-19-9-7-16(8-10-19)20-11-18(13-29-23(20)32-14-15-5-6-15)22(31)28-12-17-3-1-2-4-21(17)30/h7-11,13,15,17,21,30H,1-6,12,14H2,(H,28,31)/t17-,21-/m0/s1. The zero-order valence-corrected chi connectivity index (χ0v) is 18.1. The summed E-state index contributed by atoms with van der Waals surface area (Å²) in [5, 5.41) is 13.0. The van der Waals surface area contributed by atoms with Crippen LogP contribution in [0, 0.1) is 11.8 Å². The summed E-state index contributed by atoms with van der Waals surface area (Å²) in [5.74, 6) is 0.169. The summed E-state index contributed by atoms with van der Waals surface area (Å²) < 4.78 is 47.2. The van der Waals surface area contributed by atoms with Gasteiger partial charge in [0.05, 0.1) is 18.3 Å². The number of rotatable bonds is 8. The third kappa shape index (κ3) is 6.60. The van der Waals surface area contributed by atoms with Crippen LogP contribution in [0.15, 0.2) is 36.5 Å². The minimum atomic E-state index is -4.77. The number of nitrogens with one attached hydrogen (secondary N) is 1. The van der Waals surface area contributed by atoms with Gasteiger partial charge in [0, 0.05) is 24.2 Å². The lowest BCUT2D eigenvalue weighted by molar-refractivity contribution is -0.274. The summed E-state index contributed by atoms with van der Waals surface area (Å²) in [7, 11) is 0. The smallest absolute Gasteiger partial charge is 0.477 e. The quantitative estimate of drug-likeness (QED) is 0.591. The average molecular weight is 464 g/mol. The monoisotopic (exact) mass is 464 g/mol. The van der Waals surface area contributed by atoms with Gasteiger partial charge in [-0.2, -0.15) is 0 Å². The molecule has 1 heterocycles. The number of nitrogens with zero attached hydrogens (tertiary/aromatic N) is 1. The predicted octanol–water partition coefficient (Wildman–Crippen LogP) is 4.72.